The van der Waals surface area contributed by atoms with E-state index in [1.165, 1.54) is 67.0 Å². The molecule has 0 saturated carbocycles. The number of hydrogen-bond donors (Lipinski definition) is 1. The maximum atomic E-state index is 3.68. The van der Waals surface area contributed by atoms with Crippen LogP contribution in [0.5, 0.6) is 0 Å². The van der Waals surface area contributed by atoms with Gasteiger partial charge in [0.2, 0.25) is 0 Å². The van der Waals surface area contributed by atoms with Crippen LogP contribution >= 0.6 is 15.9 Å². The molecule has 1 nitrogen and oxygen atoms in total. The fraction of sp³-hybridized carbons (Fsp3) is 0.667. The molecule has 1 aromatic carbocycles. The van der Waals surface area contributed by atoms with E-state index in [4.69, 9.17) is 0 Å². The van der Waals surface area contributed by atoms with Gasteiger partial charge in [0.1, 0.15) is 0 Å². The predicted molar refractivity (Wildman–Crippen MR) is 93.3 cm³/mol. The molecule has 2 heteroatoms. The molecule has 1 atom stereocenters. The largest absolute Gasteiger partial charge is 0.313 e. The molecule has 0 aromatic heterocycles. The molecule has 0 aliphatic rings. The van der Waals surface area contributed by atoms with Gasteiger partial charge in [0.05, 0.1) is 0 Å². The van der Waals surface area contributed by atoms with Crippen molar-refractivity contribution >= 4 is 15.9 Å². The first-order valence-corrected chi connectivity index (χ1v) is 8.91. The third-order valence-corrected chi connectivity index (χ3v) is 4.69. The predicted octanol–water partition coefficient (Wildman–Crippen LogP) is 6.16. The Bertz CT molecular complexity index is 376. The molecule has 0 fully saturated rings. The molecule has 114 valence electrons. The summed E-state index contributed by atoms with van der Waals surface area (Å²) in [5.74, 6) is 0. The van der Waals surface area contributed by atoms with Gasteiger partial charge in [-0.3, -0.25) is 0 Å². The van der Waals surface area contributed by atoms with E-state index in [9.17, 15) is 0 Å². The van der Waals surface area contributed by atoms with Crippen LogP contribution in [0.1, 0.15) is 75.5 Å². The second-order valence-electron chi connectivity index (χ2n) is 5.78. The van der Waals surface area contributed by atoms with Crippen LogP contribution in [0.3, 0.4) is 0 Å². The summed E-state index contributed by atoms with van der Waals surface area (Å²) in [5.41, 5.74) is 2.74. The maximum Gasteiger partial charge on any atom is 0.0328 e. The van der Waals surface area contributed by atoms with Gasteiger partial charge in [-0.05, 0) is 32.0 Å². The highest BCUT2D eigenvalue weighted by molar-refractivity contribution is 9.10. The van der Waals surface area contributed by atoms with E-state index in [1.54, 1.807) is 0 Å². The van der Waals surface area contributed by atoms with Gasteiger partial charge in [-0.1, -0.05) is 85.5 Å². The maximum absolute atomic E-state index is 3.68. The Balaban J connectivity index is 2.34. The highest BCUT2D eigenvalue weighted by atomic mass is 79.9. The summed E-state index contributed by atoms with van der Waals surface area (Å²) >= 11 is 3.68. The average molecular weight is 340 g/mol. The van der Waals surface area contributed by atoms with E-state index >= 15 is 0 Å². The monoisotopic (exact) mass is 339 g/mol. The minimum Gasteiger partial charge on any atom is -0.313 e. The number of aryl methyl sites for hydroxylation is 1. The molecule has 0 heterocycles. The Morgan fingerprint density at radius 3 is 2.35 bits per heavy atom. The summed E-state index contributed by atoms with van der Waals surface area (Å²) in [6.07, 6.45) is 10.9. The molecule has 1 rings (SSSR count). The number of benzene rings is 1. The molecule has 0 spiro atoms. The molecule has 0 saturated heterocycles. The Labute approximate surface area is 133 Å². The van der Waals surface area contributed by atoms with Crippen LogP contribution in [0.4, 0.5) is 0 Å². The lowest BCUT2D eigenvalue weighted by atomic mass is 9.98. The summed E-state index contributed by atoms with van der Waals surface area (Å²) in [4.78, 5) is 0. The zero-order chi connectivity index (χ0) is 14.8. The third kappa shape index (κ3) is 6.41. The Hall–Kier alpha value is -0.340. The fourth-order valence-electron chi connectivity index (χ4n) is 2.69. The average Bonchev–Trinajstić information content (AvgIpc) is 2.45. The summed E-state index contributed by atoms with van der Waals surface area (Å²) in [6, 6.07) is 7.10. The summed E-state index contributed by atoms with van der Waals surface area (Å²) in [6.45, 7) is 4.44. The quantitative estimate of drug-likeness (QED) is 0.503. The van der Waals surface area contributed by atoms with Crippen LogP contribution in [0.15, 0.2) is 22.7 Å². The SMILES string of the molecule is CCCCCCCCCC(NC)c1cc(C)ccc1Br. The van der Waals surface area contributed by atoms with Crippen LogP contribution < -0.4 is 5.32 Å². The van der Waals surface area contributed by atoms with Gasteiger partial charge in [-0.15, -0.1) is 0 Å². The molecule has 1 N–H and O–H groups in total. The van der Waals surface area contributed by atoms with Crippen molar-refractivity contribution in [3.63, 3.8) is 0 Å². The molecule has 0 radical (unpaired) electrons. The highest BCUT2D eigenvalue weighted by Crippen LogP contribution is 2.28. The molecular weight excluding hydrogens is 310 g/mol. The first-order chi connectivity index (χ1) is 9.69. The van der Waals surface area contributed by atoms with Crippen LogP contribution in [-0.4, -0.2) is 7.05 Å². The summed E-state index contributed by atoms with van der Waals surface area (Å²) < 4.78 is 1.23. The van der Waals surface area contributed by atoms with Crippen molar-refractivity contribution in [1.82, 2.24) is 5.32 Å². The summed E-state index contributed by atoms with van der Waals surface area (Å²) in [7, 11) is 2.07. The van der Waals surface area contributed by atoms with Crippen molar-refractivity contribution < 1.29 is 0 Å². The molecule has 1 aromatic rings. The molecule has 0 bridgehead atoms. The molecule has 0 aliphatic carbocycles. The molecule has 0 aliphatic heterocycles. The lowest BCUT2D eigenvalue weighted by molar-refractivity contribution is 0.494. The lowest BCUT2D eigenvalue weighted by Crippen LogP contribution is -2.17. The minimum atomic E-state index is 0.472. The van der Waals surface area contributed by atoms with Gasteiger partial charge in [0.15, 0.2) is 0 Å². The van der Waals surface area contributed by atoms with Crippen molar-refractivity contribution in [2.45, 2.75) is 71.3 Å². The Morgan fingerprint density at radius 2 is 1.70 bits per heavy atom. The van der Waals surface area contributed by atoms with Crippen molar-refractivity contribution in [2.24, 2.45) is 0 Å². The van der Waals surface area contributed by atoms with Gasteiger partial charge < -0.3 is 5.32 Å². The Kier molecular flexibility index (Phi) is 9.21. The van der Waals surface area contributed by atoms with Crippen LogP contribution in [-0.2, 0) is 0 Å². The first-order valence-electron chi connectivity index (χ1n) is 8.12. The standard InChI is InChI=1S/C18H30BrN/c1-4-5-6-7-8-9-10-11-18(20-3)16-14-15(2)12-13-17(16)19/h12-14,18,20H,4-11H2,1-3H3. The third-order valence-electron chi connectivity index (χ3n) is 3.97. The number of unbranched alkanes of at least 4 members (excludes halogenated alkanes) is 6. The fourth-order valence-corrected chi connectivity index (χ4v) is 3.21. The zero-order valence-electron chi connectivity index (χ0n) is 13.3. The second kappa shape index (κ2) is 10.4. The molecular formula is C18H30BrN. The number of halogens is 1. The number of nitrogens with one attached hydrogen (secondary N) is 1. The van der Waals surface area contributed by atoms with Gasteiger partial charge >= 0.3 is 0 Å². The minimum absolute atomic E-state index is 0.472. The van der Waals surface area contributed by atoms with E-state index in [0.29, 0.717) is 6.04 Å². The lowest BCUT2D eigenvalue weighted by Gasteiger charge is -2.18. The van der Waals surface area contributed by atoms with Gasteiger partial charge in [0.25, 0.3) is 0 Å². The van der Waals surface area contributed by atoms with E-state index < -0.39 is 0 Å². The second-order valence-corrected chi connectivity index (χ2v) is 6.63. The van der Waals surface area contributed by atoms with Crippen LogP contribution in [0.25, 0.3) is 0 Å². The topological polar surface area (TPSA) is 12.0 Å². The van der Waals surface area contributed by atoms with Crippen LogP contribution in [0, 0.1) is 6.92 Å². The van der Waals surface area contributed by atoms with E-state index in [-0.39, 0.29) is 0 Å². The first kappa shape index (κ1) is 17.7. The van der Waals surface area contributed by atoms with Crippen LogP contribution in [0.2, 0.25) is 0 Å². The van der Waals surface area contributed by atoms with Gasteiger partial charge in [-0.25, -0.2) is 0 Å². The zero-order valence-corrected chi connectivity index (χ0v) is 14.9. The number of hydrogen-bond acceptors (Lipinski definition) is 1. The summed E-state index contributed by atoms with van der Waals surface area (Å²) in [5, 5.41) is 3.47. The van der Waals surface area contributed by atoms with Gasteiger partial charge in [-0.2, -0.15) is 0 Å². The number of rotatable bonds is 10. The smallest absolute Gasteiger partial charge is 0.0328 e. The van der Waals surface area contributed by atoms with Crippen molar-refractivity contribution in [3.8, 4) is 0 Å². The van der Waals surface area contributed by atoms with Crippen molar-refractivity contribution in [3.05, 3.63) is 33.8 Å². The van der Waals surface area contributed by atoms with E-state index in [0.717, 1.165) is 0 Å². The van der Waals surface area contributed by atoms with Gasteiger partial charge in [0, 0.05) is 10.5 Å². The normalized spacial score (nSPS) is 12.6. The van der Waals surface area contributed by atoms with E-state index in [1.807, 2.05) is 0 Å². The molecule has 20 heavy (non-hydrogen) atoms. The van der Waals surface area contributed by atoms with Crippen molar-refractivity contribution in [1.29, 1.82) is 0 Å². The van der Waals surface area contributed by atoms with Crippen molar-refractivity contribution in [2.75, 3.05) is 7.05 Å². The van der Waals surface area contributed by atoms with E-state index in [2.05, 4.69) is 60.3 Å². The molecule has 0 amide bonds. The Morgan fingerprint density at radius 1 is 1.05 bits per heavy atom. The highest BCUT2D eigenvalue weighted by Gasteiger charge is 2.12. The molecule has 1 unspecified atom stereocenters.